The van der Waals surface area contributed by atoms with Crippen molar-refractivity contribution in [3.8, 4) is 0 Å². The molecule has 1 saturated heterocycles. The molecule has 3 rings (SSSR count). The van der Waals surface area contributed by atoms with E-state index in [9.17, 15) is 15.0 Å². The Labute approximate surface area is 107 Å². The van der Waals surface area contributed by atoms with E-state index in [1.807, 2.05) is 6.92 Å². The lowest BCUT2D eigenvalue weighted by Gasteiger charge is -2.28. The van der Waals surface area contributed by atoms with Crippen LogP contribution in [0.4, 0.5) is 0 Å². The van der Waals surface area contributed by atoms with Crippen molar-refractivity contribution in [1.29, 1.82) is 0 Å². The maximum absolute atomic E-state index is 11.7. The number of aliphatic hydroxyl groups is 2. The van der Waals surface area contributed by atoms with Gasteiger partial charge in [0.1, 0.15) is 6.10 Å². The van der Waals surface area contributed by atoms with Crippen molar-refractivity contribution in [3.05, 3.63) is 12.2 Å². The van der Waals surface area contributed by atoms with Crippen LogP contribution >= 0.6 is 0 Å². The molecule has 1 aliphatic heterocycles. The van der Waals surface area contributed by atoms with Crippen LogP contribution in [0.2, 0.25) is 0 Å². The smallest absolute Gasteiger partial charge is 0.309 e. The Bertz CT molecular complexity index is 391. The van der Waals surface area contributed by atoms with Gasteiger partial charge in [0.2, 0.25) is 0 Å². The van der Waals surface area contributed by atoms with Gasteiger partial charge in [-0.25, -0.2) is 0 Å². The fourth-order valence-electron chi connectivity index (χ4n) is 4.02. The first kappa shape index (κ1) is 12.2. The van der Waals surface area contributed by atoms with E-state index in [0.717, 1.165) is 18.4 Å². The maximum Gasteiger partial charge on any atom is 0.309 e. The number of aliphatic hydroxyl groups excluding tert-OH is 2. The predicted molar refractivity (Wildman–Crippen MR) is 64.5 cm³/mol. The minimum atomic E-state index is -0.796. The van der Waals surface area contributed by atoms with Gasteiger partial charge in [0.15, 0.2) is 0 Å². The van der Waals surface area contributed by atoms with Gasteiger partial charge in [0.25, 0.3) is 0 Å². The summed E-state index contributed by atoms with van der Waals surface area (Å²) >= 11 is 0. The summed E-state index contributed by atoms with van der Waals surface area (Å²) in [6, 6.07) is 0. The quantitative estimate of drug-likeness (QED) is 0.496. The van der Waals surface area contributed by atoms with Crippen molar-refractivity contribution in [2.75, 3.05) is 0 Å². The third kappa shape index (κ3) is 1.55. The topological polar surface area (TPSA) is 66.8 Å². The average molecular weight is 252 g/mol. The van der Waals surface area contributed by atoms with Crippen molar-refractivity contribution in [1.82, 2.24) is 0 Å². The van der Waals surface area contributed by atoms with E-state index in [0.29, 0.717) is 6.42 Å². The highest BCUT2D eigenvalue weighted by atomic mass is 16.6. The molecular formula is C14H20O4. The number of ether oxygens (including phenoxy) is 1. The minimum Gasteiger partial charge on any atom is -0.461 e. The molecule has 3 fully saturated rings. The van der Waals surface area contributed by atoms with Gasteiger partial charge >= 0.3 is 5.97 Å². The zero-order chi connectivity index (χ0) is 13.0. The lowest BCUT2D eigenvalue weighted by atomic mass is 9.80. The summed E-state index contributed by atoms with van der Waals surface area (Å²) in [7, 11) is 0. The number of carbonyl (C=O) groups excluding carboxylic acids is 1. The Kier molecular flexibility index (Phi) is 2.75. The van der Waals surface area contributed by atoms with Crippen LogP contribution in [0.5, 0.6) is 0 Å². The van der Waals surface area contributed by atoms with Crippen molar-refractivity contribution in [3.63, 3.8) is 0 Å². The SMILES string of the molecule is C=C1CC[C@@H]2[C@H](OC(=O)[C@@H]2C)[C@H]2[C@H](O)[C@@H](O)C[C@@H]12. The van der Waals surface area contributed by atoms with Crippen LogP contribution in [-0.4, -0.2) is 34.5 Å². The standard InChI is InChI=1S/C14H20O4/c1-6-3-4-8-7(2)14(17)18-13(8)11-9(6)5-10(15)12(11)16/h7-13,15-16H,1,3-5H2,2H3/t7-,8+,9+,10+,11-,12-,13+/m1/s1. The molecule has 4 heteroatoms. The van der Waals surface area contributed by atoms with Crippen LogP contribution in [0, 0.1) is 23.7 Å². The van der Waals surface area contributed by atoms with Crippen LogP contribution < -0.4 is 0 Å². The number of esters is 1. The Morgan fingerprint density at radius 3 is 2.83 bits per heavy atom. The molecule has 1 heterocycles. The zero-order valence-electron chi connectivity index (χ0n) is 10.6. The molecule has 2 N–H and O–H groups in total. The Hall–Kier alpha value is -0.870. The summed E-state index contributed by atoms with van der Waals surface area (Å²) in [5, 5.41) is 20.0. The highest BCUT2D eigenvalue weighted by Gasteiger charge is 2.56. The molecule has 4 nitrogen and oxygen atoms in total. The molecule has 3 aliphatic rings. The van der Waals surface area contributed by atoms with Gasteiger partial charge < -0.3 is 14.9 Å². The van der Waals surface area contributed by atoms with Gasteiger partial charge in [-0.3, -0.25) is 4.79 Å². The lowest BCUT2D eigenvalue weighted by molar-refractivity contribution is -0.147. The highest BCUT2D eigenvalue weighted by molar-refractivity contribution is 5.75. The Morgan fingerprint density at radius 1 is 1.39 bits per heavy atom. The molecule has 2 aliphatic carbocycles. The Balaban J connectivity index is 1.96. The number of allylic oxidation sites excluding steroid dienone is 1. The van der Waals surface area contributed by atoms with Gasteiger partial charge in [-0.15, -0.1) is 0 Å². The maximum atomic E-state index is 11.7. The molecule has 0 bridgehead atoms. The zero-order valence-corrected chi connectivity index (χ0v) is 10.6. The van der Waals surface area contributed by atoms with E-state index in [1.54, 1.807) is 0 Å². The van der Waals surface area contributed by atoms with Gasteiger partial charge in [-0.2, -0.15) is 0 Å². The van der Waals surface area contributed by atoms with Crippen molar-refractivity contribution in [2.24, 2.45) is 23.7 Å². The molecule has 0 aromatic heterocycles. The summed E-state index contributed by atoms with van der Waals surface area (Å²) in [6.45, 7) is 5.99. The molecule has 0 radical (unpaired) electrons. The molecule has 18 heavy (non-hydrogen) atoms. The predicted octanol–water partition coefficient (Wildman–Crippen LogP) is 0.872. The van der Waals surface area contributed by atoms with Gasteiger partial charge in [-0.05, 0) is 25.2 Å². The first-order valence-corrected chi connectivity index (χ1v) is 6.75. The second kappa shape index (κ2) is 4.07. The monoisotopic (exact) mass is 252 g/mol. The number of carbonyl (C=O) groups is 1. The minimum absolute atomic E-state index is 0.0862. The number of hydrogen-bond donors (Lipinski definition) is 2. The second-order valence-corrected chi connectivity index (χ2v) is 6.03. The fourth-order valence-corrected chi connectivity index (χ4v) is 4.02. The van der Waals surface area contributed by atoms with Crippen molar-refractivity contribution >= 4 is 5.97 Å². The third-order valence-corrected chi connectivity index (χ3v) is 5.14. The van der Waals surface area contributed by atoms with E-state index in [4.69, 9.17) is 4.74 Å². The summed E-state index contributed by atoms with van der Waals surface area (Å²) < 4.78 is 5.49. The van der Waals surface area contributed by atoms with Gasteiger partial charge in [0, 0.05) is 11.8 Å². The molecule has 0 amide bonds. The molecule has 0 aromatic carbocycles. The normalized spacial score (nSPS) is 51.6. The molecule has 0 unspecified atom stereocenters. The van der Waals surface area contributed by atoms with Crippen LogP contribution in [-0.2, 0) is 9.53 Å². The molecule has 0 aromatic rings. The van der Waals surface area contributed by atoms with Crippen LogP contribution in [0.1, 0.15) is 26.2 Å². The van der Waals surface area contributed by atoms with Gasteiger partial charge in [0.05, 0.1) is 18.1 Å². The fraction of sp³-hybridized carbons (Fsp3) is 0.786. The third-order valence-electron chi connectivity index (χ3n) is 5.14. The largest absolute Gasteiger partial charge is 0.461 e. The second-order valence-electron chi connectivity index (χ2n) is 6.03. The molecular weight excluding hydrogens is 232 g/mol. The first-order valence-electron chi connectivity index (χ1n) is 6.75. The number of hydrogen-bond acceptors (Lipinski definition) is 4. The summed E-state index contributed by atoms with van der Waals surface area (Å²) in [5.41, 5.74) is 1.09. The van der Waals surface area contributed by atoms with E-state index in [2.05, 4.69) is 6.58 Å². The van der Waals surface area contributed by atoms with E-state index < -0.39 is 12.2 Å². The molecule has 100 valence electrons. The van der Waals surface area contributed by atoms with E-state index >= 15 is 0 Å². The first-order chi connectivity index (χ1) is 8.50. The lowest BCUT2D eigenvalue weighted by Crippen LogP contribution is -2.37. The Morgan fingerprint density at radius 2 is 2.11 bits per heavy atom. The molecule has 7 atom stereocenters. The number of fused-ring (bicyclic) bond motifs is 3. The van der Waals surface area contributed by atoms with Crippen LogP contribution in [0.3, 0.4) is 0 Å². The molecule has 0 spiro atoms. The average Bonchev–Trinajstić information content (AvgIpc) is 2.72. The summed E-state index contributed by atoms with van der Waals surface area (Å²) in [5.74, 6) is -0.197. The van der Waals surface area contributed by atoms with E-state index in [1.165, 1.54) is 0 Å². The number of rotatable bonds is 0. The van der Waals surface area contributed by atoms with Crippen molar-refractivity contribution in [2.45, 2.75) is 44.5 Å². The highest BCUT2D eigenvalue weighted by Crippen LogP contribution is 2.50. The van der Waals surface area contributed by atoms with Crippen molar-refractivity contribution < 1.29 is 19.7 Å². The summed E-state index contributed by atoms with van der Waals surface area (Å²) in [4.78, 5) is 11.7. The van der Waals surface area contributed by atoms with E-state index in [-0.39, 0.29) is 35.7 Å². The molecule has 2 saturated carbocycles. The van der Waals surface area contributed by atoms with Crippen LogP contribution in [0.25, 0.3) is 0 Å². The van der Waals surface area contributed by atoms with Gasteiger partial charge in [-0.1, -0.05) is 19.1 Å². The summed E-state index contributed by atoms with van der Waals surface area (Å²) in [6.07, 6.45) is 0.541. The van der Waals surface area contributed by atoms with Crippen LogP contribution in [0.15, 0.2) is 12.2 Å².